The van der Waals surface area contributed by atoms with E-state index in [2.05, 4.69) is 10.3 Å². The summed E-state index contributed by atoms with van der Waals surface area (Å²) in [6, 6.07) is 14.4. The molecule has 0 fully saturated rings. The monoisotopic (exact) mass is 356 g/mol. The van der Waals surface area contributed by atoms with E-state index >= 15 is 0 Å². The Morgan fingerprint density at radius 1 is 1.24 bits per heavy atom. The molecule has 2 aromatic carbocycles. The predicted molar refractivity (Wildman–Crippen MR) is 98.6 cm³/mol. The third kappa shape index (κ3) is 3.91. The Morgan fingerprint density at radius 2 is 2.04 bits per heavy atom. The van der Waals surface area contributed by atoms with Gasteiger partial charge in [0.25, 0.3) is 0 Å². The Hall–Kier alpha value is -2.60. The van der Waals surface area contributed by atoms with Gasteiger partial charge in [0.2, 0.25) is 0 Å². The average Bonchev–Trinajstić information content (AvgIpc) is 2.61. The van der Waals surface area contributed by atoms with Crippen molar-refractivity contribution in [2.24, 2.45) is 0 Å². The second kappa shape index (κ2) is 7.53. The molecule has 3 aromatic rings. The Morgan fingerprint density at radius 3 is 2.80 bits per heavy atom. The van der Waals surface area contributed by atoms with Gasteiger partial charge in [-0.25, -0.2) is 14.2 Å². The van der Waals surface area contributed by atoms with Crippen LogP contribution in [0.5, 0.6) is 0 Å². The molecule has 4 nitrogen and oxygen atoms in total. The zero-order chi connectivity index (χ0) is 17.8. The summed E-state index contributed by atoms with van der Waals surface area (Å²) in [5.74, 6) is -0.329. The van der Waals surface area contributed by atoms with Crippen LogP contribution in [0.2, 0.25) is 0 Å². The van der Waals surface area contributed by atoms with Gasteiger partial charge in [0.1, 0.15) is 5.82 Å². The summed E-state index contributed by atoms with van der Waals surface area (Å²) in [7, 11) is 0. The predicted octanol–water partition coefficient (Wildman–Crippen LogP) is 4.57. The molecule has 1 amide bonds. The van der Waals surface area contributed by atoms with Crippen molar-refractivity contribution in [1.29, 1.82) is 0 Å². The minimum Gasteiger partial charge on any atom is -0.465 e. The molecule has 0 radical (unpaired) electrons. The molecular formula is C19H17FN2O2S. The number of pyridine rings is 1. The molecule has 6 heteroatoms. The summed E-state index contributed by atoms with van der Waals surface area (Å²) < 4.78 is 13.6. The Labute approximate surface area is 149 Å². The highest BCUT2D eigenvalue weighted by Gasteiger charge is 2.13. The lowest BCUT2D eigenvalue weighted by Gasteiger charge is -2.14. The van der Waals surface area contributed by atoms with Crippen LogP contribution in [-0.4, -0.2) is 29.0 Å². The number of rotatable bonds is 5. The van der Waals surface area contributed by atoms with Crippen LogP contribution in [0.3, 0.4) is 0 Å². The molecule has 3 rings (SSSR count). The van der Waals surface area contributed by atoms with E-state index in [1.54, 1.807) is 17.8 Å². The summed E-state index contributed by atoms with van der Waals surface area (Å²) >= 11 is 1.61. The number of benzene rings is 2. The van der Waals surface area contributed by atoms with E-state index in [4.69, 9.17) is 5.11 Å². The van der Waals surface area contributed by atoms with Crippen molar-refractivity contribution >= 4 is 28.8 Å². The van der Waals surface area contributed by atoms with E-state index < -0.39 is 6.09 Å². The topological polar surface area (TPSA) is 62.2 Å². The summed E-state index contributed by atoms with van der Waals surface area (Å²) in [6.07, 6.45) is 1.44. The van der Waals surface area contributed by atoms with Gasteiger partial charge in [0.05, 0.1) is 11.2 Å². The maximum atomic E-state index is 13.6. The smallest absolute Gasteiger partial charge is 0.404 e. The molecule has 128 valence electrons. The first-order valence-electron chi connectivity index (χ1n) is 7.78. The number of nitrogens with one attached hydrogen (secondary N) is 1. The van der Waals surface area contributed by atoms with E-state index in [1.807, 2.05) is 36.6 Å². The molecular weight excluding hydrogens is 339 g/mol. The van der Waals surface area contributed by atoms with Crippen LogP contribution in [-0.2, 0) is 6.42 Å². The number of nitrogens with zero attached hydrogens (tertiary/aromatic N) is 1. The second-order valence-electron chi connectivity index (χ2n) is 5.52. The molecule has 0 saturated heterocycles. The number of aromatic nitrogens is 1. The first kappa shape index (κ1) is 17.2. The number of hydrogen-bond acceptors (Lipinski definition) is 3. The molecule has 25 heavy (non-hydrogen) atoms. The first-order valence-corrected chi connectivity index (χ1v) is 9.00. The molecule has 1 heterocycles. The fourth-order valence-corrected chi connectivity index (χ4v) is 3.35. The highest BCUT2D eigenvalue weighted by Crippen LogP contribution is 2.33. The van der Waals surface area contributed by atoms with E-state index in [1.165, 1.54) is 12.1 Å². The largest absolute Gasteiger partial charge is 0.465 e. The van der Waals surface area contributed by atoms with Crippen LogP contribution < -0.4 is 5.32 Å². The molecule has 0 bridgehead atoms. The fourth-order valence-electron chi connectivity index (χ4n) is 2.75. The number of thioether (sulfide) groups is 1. The summed E-state index contributed by atoms with van der Waals surface area (Å²) in [5, 5.41) is 12.0. The van der Waals surface area contributed by atoms with Crippen LogP contribution in [0.25, 0.3) is 22.2 Å². The molecule has 0 unspecified atom stereocenters. The molecule has 0 spiro atoms. The molecule has 1 aromatic heterocycles. The van der Waals surface area contributed by atoms with Gasteiger partial charge in [0.15, 0.2) is 0 Å². The van der Waals surface area contributed by atoms with Crippen molar-refractivity contribution in [2.45, 2.75) is 11.3 Å². The molecule has 2 N–H and O–H groups in total. The zero-order valence-electron chi connectivity index (χ0n) is 13.6. The van der Waals surface area contributed by atoms with Crippen LogP contribution >= 0.6 is 11.8 Å². The third-order valence-electron chi connectivity index (χ3n) is 3.89. The normalized spacial score (nSPS) is 10.8. The summed E-state index contributed by atoms with van der Waals surface area (Å²) in [4.78, 5) is 16.5. The minimum atomic E-state index is -1.05. The lowest BCUT2D eigenvalue weighted by atomic mass is 10.0. The molecule has 0 aliphatic heterocycles. The SMILES string of the molecule is CSc1ccccc1-c1nc2cc(F)ccc2cc1CCNC(=O)O. The number of amides is 1. The van der Waals surface area contributed by atoms with Crippen molar-refractivity contribution in [3.63, 3.8) is 0 Å². The van der Waals surface area contributed by atoms with E-state index in [0.717, 1.165) is 27.1 Å². The van der Waals surface area contributed by atoms with Crippen molar-refractivity contribution < 1.29 is 14.3 Å². The fraction of sp³-hybridized carbons (Fsp3) is 0.158. The number of fused-ring (bicyclic) bond motifs is 1. The van der Waals surface area contributed by atoms with Gasteiger partial charge in [-0.15, -0.1) is 11.8 Å². The highest BCUT2D eigenvalue weighted by molar-refractivity contribution is 7.98. The van der Waals surface area contributed by atoms with Gasteiger partial charge in [-0.05, 0) is 42.5 Å². The van der Waals surface area contributed by atoms with Gasteiger partial charge in [-0.3, -0.25) is 0 Å². The van der Waals surface area contributed by atoms with Crippen LogP contribution in [0, 0.1) is 5.82 Å². The minimum absolute atomic E-state index is 0.290. The maximum Gasteiger partial charge on any atom is 0.404 e. The van der Waals surface area contributed by atoms with Crippen LogP contribution in [0.4, 0.5) is 9.18 Å². The number of carboxylic acid groups (broad SMARTS) is 1. The number of halogens is 1. The Kier molecular flexibility index (Phi) is 5.19. The average molecular weight is 356 g/mol. The number of carbonyl (C=O) groups is 1. The van der Waals surface area contributed by atoms with Gasteiger partial charge in [-0.1, -0.05) is 18.2 Å². The van der Waals surface area contributed by atoms with Crippen molar-refractivity contribution in [2.75, 3.05) is 12.8 Å². The van der Waals surface area contributed by atoms with E-state index in [0.29, 0.717) is 11.9 Å². The van der Waals surface area contributed by atoms with Gasteiger partial charge >= 0.3 is 6.09 Å². The molecule has 0 aliphatic rings. The molecule has 0 saturated carbocycles. The number of hydrogen-bond donors (Lipinski definition) is 2. The molecule has 0 atom stereocenters. The van der Waals surface area contributed by atoms with Crippen LogP contribution in [0.15, 0.2) is 53.4 Å². The van der Waals surface area contributed by atoms with E-state index in [-0.39, 0.29) is 12.4 Å². The van der Waals surface area contributed by atoms with Gasteiger partial charge in [0, 0.05) is 28.5 Å². The third-order valence-corrected chi connectivity index (χ3v) is 4.69. The lowest BCUT2D eigenvalue weighted by molar-refractivity contribution is 0.194. The standard InChI is InChI=1S/C19H17FN2O2S/c1-25-17-5-3-2-4-15(17)18-13(8-9-21-19(23)24)10-12-6-7-14(20)11-16(12)22-18/h2-7,10-11,21H,8-9H2,1H3,(H,23,24). The maximum absolute atomic E-state index is 13.6. The zero-order valence-corrected chi connectivity index (χ0v) is 14.4. The lowest BCUT2D eigenvalue weighted by Crippen LogP contribution is -2.23. The van der Waals surface area contributed by atoms with Crippen LogP contribution in [0.1, 0.15) is 5.56 Å². The Balaban J connectivity index is 2.13. The summed E-state index contributed by atoms with van der Waals surface area (Å²) in [6.45, 7) is 0.290. The van der Waals surface area contributed by atoms with Gasteiger partial charge < -0.3 is 10.4 Å². The van der Waals surface area contributed by atoms with E-state index in [9.17, 15) is 9.18 Å². The van der Waals surface area contributed by atoms with Crippen molar-refractivity contribution in [3.8, 4) is 11.3 Å². The van der Waals surface area contributed by atoms with Gasteiger partial charge in [-0.2, -0.15) is 0 Å². The Bertz CT molecular complexity index is 930. The molecule has 0 aliphatic carbocycles. The quantitative estimate of drug-likeness (QED) is 0.657. The highest BCUT2D eigenvalue weighted by atomic mass is 32.2. The summed E-state index contributed by atoms with van der Waals surface area (Å²) in [5.41, 5.74) is 3.23. The van der Waals surface area contributed by atoms with Crippen molar-refractivity contribution in [3.05, 3.63) is 59.9 Å². The van der Waals surface area contributed by atoms with Crippen molar-refractivity contribution in [1.82, 2.24) is 10.3 Å². The first-order chi connectivity index (χ1) is 12.1. The second-order valence-corrected chi connectivity index (χ2v) is 6.36.